The first-order chi connectivity index (χ1) is 45.6. The number of aromatic nitrogens is 4. The smallest absolute Gasteiger partial charge is 0.0794 e. The largest absolute Gasteiger partial charge is 0.264 e. The molecule has 0 aliphatic rings. The lowest BCUT2D eigenvalue weighted by molar-refractivity contribution is 1.32. The first-order valence-corrected chi connectivity index (χ1v) is 31.3. The fourth-order valence-corrected chi connectivity index (χ4v) is 13.5. The molecule has 0 radical (unpaired) electrons. The molecule has 0 amide bonds. The third-order valence-corrected chi connectivity index (χ3v) is 18.2. The van der Waals surface area contributed by atoms with Crippen LogP contribution in [0.4, 0.5) is 0 Å². The first kappa shape index (κ1) is 54.0. The molecule has 0 N–H and O–H groups in total. The van der Waals surface area contributed by atoms with E-state index in [1.165, 1.54) is 98.4 Å². The Labute approximate surface area is 532 Å². The van der Waals surface area contributed by atoms with Crippen molar-refractivity contribution in [2.24, 2.45) is 0 Å². The monoisotopic (exact) mass is 1170 g/mol. The molecule has 0 saturated heterocycles. The van der Waals surface area contributed by atoms with Crippen LogP contribution < -0.4 is 0 Å². The van der Waals surface area contributed by atoms with Gasteiger partial charge in [-0.1, -0.05) is 255 Å². The molecular weight excluding hydrogens is 1110 g/mol. The van der Waals surface area contributed by atoms with E-state index in [-0.39, 0.29) is 0 Å². The summed E-state index contributed by atoms with van der Waals surface area (Å²) < 4.78 is 0. The van der Waals surface area contributed by atoms with Gasteiger partial charge in [0.25, 0.3) is 0 Å². The number of pyridine rings is 4. The van der Waals surface area contributed by atoms with Crippen LogP contribution in [0, 0.1) is 0 Å². The average molecular weight is 1170 g/mol. The zero-order valence-electron chi connectivity index (χ0n) is 50.1. The number of benzene rings is 14. The minimum absolute atomic E-state index is 0.951. The summed E-state index contributed by atoms with van der Waals surface area (Å²) in [6.07, 6.45) is 5.54. The second kappa shape index (κ2) is 23.0. The van der Waals surface area contributed by atoms with Crippen LogP contribution in [0.3, 0.4) is 0 Å². The van der Waals surface area contributed by atoms with Crippen LogP contribution in [0.25, 0.3) is 176 Å². The van der Waals surface area contributed by atoms with Crippen molar-refractivity contribution in [1.29, 1.82) is 0 Å². The van der Waals surface area contributed by atoms with Crippen molar-refractivity contribution in [3.8, 4) is 89.4 Å². The molecule has 0 unspecified atom stereocenters. The van der Waals surface area contributed by atoms with Crippen molar-refractivity contribution < 1.29 is 0 Å². The number of rotatable bonds is 8. The van der Waals surface area contributed by atoms with Gasteiger partial charge in [0.1, 0.15) is 0 Å². The van der Waals surface area contributed by atoms with Crippen LogP contribution >= 0.6 is 0 Å². The number of fused-ring (bicyclic) bond motifs is 10. The van der Waals surface area contributed by atoms with Gasteiger partial charge in [0, 0.05) is 56.8 Å². The molecule has 4 aromatic heterocycles. The Balaban J connectivity index is 0.000000141. The predicted molar refractivity (Wildman–Crippen MR) is 388 cm³/mol. The lowest BCUT2D eigenvalue weighted by Crippen LogP contribution is -1.94. The molecule has 0 fully saturated rings. The molecule has 0 atom stereocenters. The molecule has 18 rings (SSSR count). The van der Waals surface area contributed by atoms with E-state index in [4.69, 9.17) is 9.97 Å². The summed E-state index contributed by atoms with van der Waals surface area (Å²) >= 11 is 0. The lowest BCUT2D eigenvalue weighted by Gasteiger charge is -2.16. The molecule has 18 aromatic rings. The molecule has 428 valence electrons. The summed E-state index contributed by atoms with van der Waals surface area (Å²) in [5, 5.41) is 16.9. The molecule has 0 aliphatic heterocycles. The van der Waals surface area contributed by atoms with E-state index in [0.717, 1.165) is 77.5 Å². The highest BCUT2D eigenvalue weighted by atomic mass is 14.7. The average Bonchev–Trinajstić information content (AvgIpc) is 0.754. The van der Waals surface area contributed by atoms with Gasteiger partial charge in [-0.25, -0.2) is 9.97 Å². The van der Waals surface area contributed by atoms with E-state index >= 15 is 0 Å². The van der Waals surface area contributed by atoms with Gasteiger partial charge in [0.2, 0.25) is 0 Å². The molecular formula is C88H56N4. The van der Waals surface area contributed by atoms with Gasteiger partial charge < -0.3 is 0 Å². The molecule has 4 nitrogen and oxygen atoms in total. The normalized spacial score (nSPS) is 11.5. The quantitative estimate of drug-likeness (QED) is 0.142. The van der Waals surface area contributed by atoms with Crippen molar-refractivity contribution in [1.82, 2.24) is 19.9 Å². The molecule has 0 bridgehead atoms. The van der Waals surface area contributed by atoms with Crippen LogP contribution in [0.2, 0.25) is 0 Å². The highest BCUT2D eigenvalue weighted by Gasteiger charge is 2.20. The van der Waals surface area contributed by atoms with E-state index < -0.39 is 0 Å². The summed E-state index contributed by atoms with van der Waals surface area (Å²) in [4.78, 5) is 19.6. The summed E-state index contributed by atoms with van der Waals surface area (Å²) in [7, 11) is 0. The molecule has 4 heterocycles. The maximum absolute atomic E-state index is 5.40. The molecule has 0 spiro atoms. The minimum Gasteiger partial charge on any atom is -0.264 e. The summed E-state index contributed by atoms with van der Waals surface area (Å²) in [6, 6.07) is 115. The zero-order chi connectivity index (χ0) is 60.9. The summed E-state index contributed by atoms with van der Waals surface area (Å²) in [6.45, 7) is 0. The van der Waals surface area contributed by atoms with Gasteiger partial charge in [0.15, 0.2) is 0 Å². The molecule has 92 heavy (non-hydrogen) atoms. The van der Waals surface area contributed by atoms with E-state index in [1.54, 1.807) is 6.20 Å². The number of hydrogen-bond acceptors (Lipinski definition) is 4. The zero-order valence-corrected chi connectivity index (χ0v) is 50.1. The van der Waals surface area contributed by atoms with Crippen molar-refractivity contribution >= 4 is 86.4 Å². The topological polar surface area (TPSA) is 51.6 Å². The van der Waals surface area contributed by atoms with Crippen molar-refractivity contribution in [2.75, 3.05) is 0 Å². The number of nitrogens with zero attached hydrogens (tertiary/aromatic N) is 4. The van der Waals surface area contributed by atoms with Crippen LogP contribution in [0.1, 0.15) is 0 Å². The van der Waals surface area contributed by atoms with Crippen molar-refractivity contribution in [3.05, 3.63) is 340 Å². The maximum atomic E-state index is 5.40. The molecule has 0 saturated carbocycles. The highest BCUT2D eigenvalue weighted by Crippen LogP contribution is 2.44. The fraction of sp³-hybridized carbons (Fsp3) is 0. The maximum Gasteiger partial charge on any atom is 0.0794 e. The van der Waals surface area contributed by atoms with Crippen LogP contribution in [0.15, 0.2) is 340 Å². The van der Waals surface area contributed by atoms with E-state index in [1.807, 2.05) is 36.7 Å². The predicted octanol–water partition coefficient (Wildman–Crippen LogP) is 23.5. The van der Waals surface area contributed by atoms with Crippen molar-refractivity contribution in [2.45, 2.75) is 0 Å². The number of hydrogen-bond donors (Lipinski definition) is 0. The summed E-state index contributed by atoms with van der Waals surface area (Å²) in [5.74, 6) is 0. The van der Waals surface area contributed by atoms with Gasteiger partial charge in [-0.15, -0.1) is 0 Å². The van der Waals surface area contributed by atoms with E-state index in [2.05, 4.69) is 307 Å². The standard InChI is InChI=1S/2C44H28N2/c1-3-11-33-25-35(22-16-29(33)9-1)39-27-41-40(36-23-17-30-10-2-4-12-34(30)26-36)28-43(46-44(41)38-14-6-5-13-37(38)39)32-20-18-31(19-21-32)42-15-7-8-24-45-42;1-3-10-33-24-35(21-17-29(33)8-1)40-26-42-41(36-22-18-30-9-2-4-11-34(30)25-36)27-43(46-44(42)39-14-6-5-13-38(39)40)32-19-15-31(16-20-32)37-12-7-23-45-28-37/h2*1-28H. The van der Waals surface area contributed by atoms with Crippen molar-refractivity contribution in [3.63, 3.8) is 0 Å². The van der Waals surface area contributed by atoms with Gasteiger partial charge in [0.05, 0.1) is 28.1 Å². The fourth-order valence-electron chi connectivity index (χ4n) is 13.5. The van der Waals surface area contributed by atoms with Gasteiger partial charge in [-0.05, 0) is 176 Å². The third kappa shape index (κ3) is 10.0. The van der Waals surface area contributed by atoms with E-state index in [0.29, 0.717) is 0 Å². The second-order valence-corrected chi connectivity index (χ2v) is 23.7. The van der Waals surface area contributed by atoms with Crippen LogP contribution in [-0.4, -0.2) is 19.9 Å². The van der Waals surface area contributed by atoms with Crippen LogP contribution in [0.5, 0.6) is 0 Å². The Kier molecular flexibility index (Phi) is 13.5. The SMILES string of the molecule is c1ccc(-c2ccc(-c3cc(-c4ccc5ccccc5c4)c4cc(-c5ccc6ccccc6c5)c5ccccc5c4n3)cc2)nc1.c1cncc(-c2ccc(-c3cc(-c4ccc5ccccc5c4)c4cc(-c5ccc6ccccc6c5)c5ccccc5c4n3)cc2)c1. The first-order valence-electron chi connectivity index (χ1n) is 31.3. The van der Waals surface area contributed by atoms with Crippen LogP contribution in [-0.2, 0) is 0 Å². The highest BCUT2D eigenvalue weighted by molar-refractivity contribution is 6.18. The lowest BCUT2D eigenvalue weighted by atomic mass is 9.90. The van der Waals surface area contributed by atoms with Gasteiger partial charge >= 0.3 is 0 Å². The van der Waals surface area contributed by atoms with Gasteiger partial charge in [-0.3, -0.25) is 9.97 Å². The third-order valence-electron chi connectivity index (χ3n) is 18.2. The minimum atomic E-state index is 0.951. The Morgan fingerprint density at radius 3 is 0.902 bits per heavy atom. The van der Waals surface area contributed by atoms with Gasteiger partial charge in [-0.2, -0.15) is 0 Å². The summed E-state index contributed by atoms with van der Waals surface area (Å²) in [5.41, 5.74) is 19.9. The molecule has 0 aliphatic carbocycles. The molecule has 14 aromatic carbocycles. The Bertz CT molecular complexity index is 5500. The Morgan fingerprint density at radius 1 is 0.185 bits per heavy atom. The molecule has 4 heteroatoms. The second-order valence-electron chi connectivity index (χ2n) is 23.7. The van der Waals surface area contributed by atoms with E-state index in [9.17, 15) is 0 Å². The Hall–Kier alpha value is -12.2. The Morgan fingerprint density at radius 2 is 0.522 bits per heavy atom.